The molecule has 0 bridgehead atoms. The Morgan fingerprint density at radius 2 is 1.71 bits per heavy atom. The van der Waals surface area contributed by atoms with Gasteiger partial charge in [0.05, 0.1) is 12.6 Å². The third-order valence-electron chi connectivity index (χ3n) is 5.22. The van der Waals surface area contributed by atoms with E-state index in [1.54, 1.807) is 7.11 Å². The number of rotatable bonds is 11. The molecule has 0 spiro atoms. The molecular formula is C24H33ClN6O3. The molecule has 3 aromatic rings. The number of hydrogen-bond donors (Lipinski definition) is 3. The van der Waals surface area contributed by atoms with Gasteiger partial charge in [0, 0.05) is 35.9 Å². The number of halogens is 1. The van der Waals surface area contributed by atoms with Crippen molar-refractivity contribution in [1.82, 2.24) is 20.2 Å². The van der Waals surface area contributed by atoms with Gasteiger partial charge in [0.25, 0.3) is 0 Å². The number of aromatic nitrogens is 2. The number of amides is 2. The fraction of sp³-hybridized carbons (Fsp3) is 0.375. The maximum atomic E-state index is 11.7. The Bertz CT molecular complexity index is 1060. The number of fused-ring (bicyclic) bond motifs is 1. The zero-order chi connectivity index (χ0) is 23.6. The number of nitrogens with zero attached hydrogens (tertiary/aromatic N) is 3. The van der Waals surface area contributed by atoms with Crippen LogP contribution in [-0.2, 0) is 0 Å². The predicted octanol–water partition coefficient (Wildman–Crippen LogP) is 4.67. The summed E-state index contributed by atoms with van der Waals surface area (Å²) in [6.07, 6.45) is 1.52. The number of ether oxygens (including phenoxy) is 2. The van der Waals surface area contributed by atoms with E-state index in [1.165, 1.54) is 6.33 Å². The van der Waals surface area contributed by atoms with Crippen LogP contribution in [0.15, 0.2) is 42.7 Å². The maximum absolute atomic E-state index is 11.7. The molecule has 0 fully saturated rings. The molecule has 2 aromatic carbocycles. The van der Waals surface area contributed by atoms with Crippen LogP contribution < -0.4 is 25.4 Å². The van der Waals surface area contributed by atoms with Gasteiger partial charge in [-0.1, -0.05) is 13.8 Å². The molecule has 0 aliphatic heterocycles. The van der Waals surface area contributed by atoms with E-state index >= 15 is 0 Å². The van der Waals surface area contributed by atoms with Crippen LogP contribution in [0.1, 0.15) is 20.8 Å². The molecule has 2 amide bonds. The number of methoxy groups -OCH3 is 1. The smallest absolute Gasteiger partial charge is 0.319 e. The molecule has 9 nitrogen and oxygen atoms in total. The first-order valence-corrected chi connectivity index (χ1v) is 11.2. The molecule has 0 saturated carbocycles. The van der Waals surface area contributed by atoms with Gasteiger partial charge in [0.2, 0.25) is 0 Å². The molecule has 1 aromatic heterocycles. The molecule has 0 saturated heterocycles. The van der Waals surface area contributed by atoms with Gasteiger partial charge in [-0.2, -0.15) is 0 Å². The van der Waals surface area contributed by atoms with E-state index in [1.807, 2.05) is 43.3 Å². The predicted molar refractivity (Wildman–Crippen MR) is 139 cm³/mol. The Hall–Kier alpha value is -3.30. The van der Waals surface area contributed by atoms with Gasteiger partial charge in [-0.3, -0.25) is 0 Å². The van der Waals surface area contributed by atoms with Gasteiger partial charge in [0.15, 0.2) is 11.5 Å². The van der Waals surface area contributed by atoms with Crippen LogP contribution in [0.3, 0.4) is 0 Å². The molecule has 10 heteroatoms. The molecular weight excluding hydrogens is 456 g/mol. The van der Waals surface area contributed by atoms with Crippen molar-refractivity contribution in [3.63, 3.8) is 0 Å². The lowest BCUT2D eigenvalue weighted by Gasteiger charge is -2.19. The van der Waals surface area contributed by atoms with E-state index in [9.17, 15) is 4.79 Å². The molecule has 0 aliphatic rings. The number of carbonyl (C=O) groups is 1. The number of nitrogens with one attached hydrogen (secondary N) is 3. The number of hydrogen-bond acceptors (Lipinski definition) is 7. The summed E-state index contributed by atoms with van der Waals surface area (Å²) in [4.78, 5) is 22.8. The summed E-state index contributed by atoms with van der Waals surface area (Å²) < 4.78 is 11.6. The minimum Gasteiger partial charge on any atom is -0.493 e. The summed E-state index contributed by atoms with van der Waals surface area (Å²) in [5, 5.41) is 9.61. The lowest BCUT2D eigenvalue weighted by Crippen LogP contribution is -2.28. The summed E-state index contributed by atoms with van der Waals surface area (Å²) in [6, 6.07) is 10.9. The first-order valence-electron chi connectivity index (χ1n) is 11.2. The van der Waals surface area contributed by atoms with Crippen LogP contribution in [-0.4, -0.2) is 60.8 Å². The number of carbonyl (C=O) groups excluding carboxylic acids is 1. The Labute approximate surface area is 206 Å². The van der Waals surface area contributed by atoms with E-state index in [-0.39, 0.29) is 18.4 Å². The number of likely N-dealkylation sites (N-methyl/N-ethyl adjacent to an activating group) is 1. The fourth-order valence-electron chi connectivity index (χ4n) is 3.37. The molecule has 3 rings (SSSR count). The highest BCUT2D eigenvalue weighted by atomic mass is 35.5. The molecule has 0 atom stereocenters. The van der Waals surface area contributed by atoms with E-state index < -0.39 is 0 Å². The monoisotopic (exact) mass is 488 g/mol. The molecule has 0 radical (unpaired) electrons. The average Bonchev–Trinajstić information content (AvgIpc) is 2.83. The first-order chi connectivity index (χ1) is 16.1. The third-order valence-corrected chi connectivity index (χ3v) is 5.22. The molecule has 34 heavy (non-hydrogen) atoms. The highest BCUT2D eigenvalue weighted by Gasteiger charge is 2.12. The highest BCUT2D eigenvalue weighted by Crippen LogP contribution is 2.34. The summed E-state index contributed by atoms with van der Waals surface area (Å²) in [6.45, 7) is 10.1. The Morgan fingerprint density at radius 3 is 2.35 bits per heavy atom. The minimum atomic E-state index is -0.234. The zero-order valence-electron chi connectivity index (χ0n) is 20.1. The largest absolute Gasteiger partial charge is 0.493 e. The number of anilines is 3. The molecule has 1 heterocycles. The number of benzene rings is 2. The topological polar surface area (TPSA) is 101 Å². The van der Waals surface area contributed by atoms with Crippen molar-refractivity contribution >= 4 is 46.5 Å². The standard InChI is InChI=1S/C24H32N6O3.ClH/c1-5-25-24(31)29-18-10-8-17(9-11-18)28-23-19-14-21(32-4)22(15-20(19)26-16-27-23)33-13-12-30(6-2)7-3;/h8-11,14-16H,5-7,12-13H2,1-4H3,(H2,25,29,31)(H,26,27,28);1H. The van der Waals surface area contributed by atoms with Gasteiger partial charge in [-0.25, -0.2) is 14.8 Å². The fourth-order valence-corrected chi connectivity index (χ4v) is 3.37. The second-order valence-electron chi connectivity index (χ2n) is 7.30. The van der Waals surface area contributed by atoms with Crippen molar-refractivity contribution in [3.05, 3.63) is 42.7 Å². The lowest BCUT2D eigenvalue weighted by molar-refractivity contribution is 0.217. The highest BCUT2D eigenvalue weighted by molar-refractivity contribution is 5.93. The molecule has 184 valence electrons. The summed E-state index contributed by atoms with van der Waals surface area (Å²) in [5.74, 6) is 1.93. The SMILES string of the molecule is CCNC(=O)Nc1ccc(Nc2ncnc3cc(OCCN(CC)CC)c(OC)cc23)cc1.Cl. The van der Waals surface area contributed by atoms with Gasteiger partial charge >= 0.3 is 6.03 Å². The number of urea groups is 1. The van der Waals surface area contributed by atoms with Gasteiger partial charge in [-0.15, -0.1) is 12.4 Å². The van der Waals surface area contributed by atoms with Crippen molar-refractivity contribution in [2.24, 2.45) is 0 Å². The van der Waals surface area contributed by atoms with Crippen LogP contribution in [0.2, 0.25) is 0 Å². The van der Waals surface area contributed by atoms with E-state index in [0.717, 1.165) is 36.2 Å². The quantitative estimate of drug-likeness (QED) is 0.360. The lowest BCUT2D eigenvalue weighted by atomic mass is 10.2. The second kappa shape index (κ2) is 13.4. The molecule has 0 unspecified atom stereocenters. The van der Waals surface area contributed by atoms with E-state index in [4.69, 9.17) is 9.47 Å². The average molecular weight is 489 g/mol. The third kappa shape index (κ3) is 7.10. The van der Waals surface area contributed by atoms with Gasteiger partial charge < -0.3 is 30.3 Å². The maximum Gasteiger partial charge on any atom is 0.319 e. The van der Waals surface area contributed by atoms with Crippen molar-refractivity contribution in [2.75, 3.05) is 50.5 Å². The molecule has 3 N–H and O–H groups in total. The van der Waals surface area contributed by atoms with Crippen molar-refractivity contribution < 1.29 is 14.3 Å². The van der Waals surface area contributed by atoms with Crippen LogP contribution >= 0.6 is 12.4 Å². The van der Waals surface area contributed by atoms with Gasteiger partial charge in [-0.05, 0) is 50.3 Å². The van der Waals surface area contributed by atoms with Crippen molar-refractivity contribution in [3.8, 4) is 11.5 Å². The van der Waals surface area contributed by atoms with Crippen molar-refractivity contribution in [2.45, 2.75) is 20.8 Å². The van der Waals surface area contributed by atoms with E-state index in [2.05, 4.69) is 44.7 Å². The van der Waals surface area contributed by atoms with Crippen LogP contribution in [0.5, 0.6) is 11.5 Å². The second-order valence-corrected chi connectivity index (χ2v) is 7.30. The van der Waals surface area contributed by atoms with Gasteiger partial charge in [0.1, 0.15) is 18.8 Å². The van der Waals surface area contributed by atoms with E-state index in [0.29, 0.717) is 36.2 Å². The zero-order valence-corrected chi connectivity index (χ0v) is 20.9. The van der Waals surface area contributed by atoms with Crippen LogP contribution in [0.4, 0.5) is 22.0 Å². The minimum absolute atomic E-state index is 0. The summed E-state index contributed by atoms with van der Waals surface area (Å²) in [5.41, 5.74) is 2.28. The Balaban J connectivity index is 0.00000408. The summed E-state index contributed by atoms with van der Waals surface area (Å²) in [7, 11) is 1.62. The molecule has 0 aliphatic carbocycles. The normalized spacial score (nSPS) is 10.5. The van der Waals surface area contributed by atoms with Crippen molar-refractivity contribution in [1.29, 1.82) is 0 Å². The van der Waals surface area contributed by atoms with Crippen LogP contribution in [0, 0.1) is 0 Å². The van der Waals surface area contributed by atoms with Crippen LogP contribution in [0.25, 0.3) is 10.9 Å². The summed E-state index contributed by atoms with van der Waals surface area (Å²) >= 11 is 0. The first kappa shape index (κ1) is 26.9. The Morgan fingerprint density at radius 1 is 1.00 bits per heavy atom. The Kier molecular flexibility index (Phi) is 10.6.